The van der Waals surface area contributed by atoms with Crippen LogP contribution in [0.5, 0.6) is 10.9 Å². The Hall–Kier alpha value is -2.44. The Kier molecular flexibility index (Phi) is 6.55. The zero-order chi connectivity index (χ0) is 21.0. The van der Waals surface area contributed by atoms with E-state index < -0.39 is 10.0 Å². The van der Waals surface area contributed by atoms with E-state index in [1.807, 2.05) is 0 Å². The average Bonchev–Trinajstić information content (AvgIpc) is 3.10. The fraction of sp³-hybridized carbons (Fsp3) is 0.118. The van der Waals surface area contributed by atoms with Gasteiger partial charge in [-0.3, -0.25) is 9.71 Å². The summed E-state index contributed by atoms with van der Waals surface area (Å²) in [5.74, 6) is 0.00910. The molecule has 0 bridgehead atoms. The van der Waals surface area contributed by atoms with Gasteiger partial charge in [0, 0.05) is 11.8 Å². The lowest BCUT2D eigenvalue weighted by Gasteiger charge is -2.05. The van der Waals surface area contributed by atoms with Gasteiger partial charge in [0.05, 0.1) is 21.7 Å². The Labute approximate surface area is 181 Å². The zero-order valence-corrected chi connectivity index (χ0v) is 18.3. The van der Waals surface area contributed by atoms with Gasteiger partial charge in [-0.25, -0.2) is 8.42 Å². The fourth-order valence-electron chi connectivity index (χ4n) is 2.20. The molecule has 148 valence electrons. The van der Waals surface area contributed by atoms with Gasteiger partial charge in [0.1, 0.15) is 13.6 Å². The molecule has 0 unspecified atom stereocenters. The molecule has 0 saturated heterocycles. The first-order valence-corrected chi connectivity index (χ1v) is 11.3. The van der Waals surface area contributed by atoms with Crippen molar-refractivity contribution in [2.45, 2.75) is 11.8 Å². The number of rotatable bonds is 7. The lowest BCUT2D eigenvalue weighted by molar-refractivity contribution is 0.335. The molecule has 1 heterocycles. The van der Waals surface area contributed by atoms with E-state index in [1.165, 1.54) is 30.5 Å². The molecule has 0 amide bonds. The van der Waals surface area contributed by atoms with Crippen LogP contribution in [0.1, 0.15) is 12.5 Å². The molecule has 3 rings (SSSR count). The summed E-state index contributed by atoms with van der Waals surface area (Å²) < 4.78 is 32.9. The highest BCUT2D eigenvalue weighted by Gasteiger charge is 2.17. The van der Waals surface area contributed by atoms with E-state index in [1.54, 1.807) is 19.1 Å². The summed E-state index contributed by atoms with van der Waals surface area (Å²) in [5, 5.41) is 17.9. The third kappa shape index (κ3) is 5.34. The average molecular weight is 493 g/mol. The number of aliphatic imine (C=N–C) groups is 1. The van der Waals surface area contributed by atoms with E-state index in [9.17, 15) is 13.5 Å². The van der Waals surface area contributed by atoms with Crippen molar-refractivity contribution in [3.05, 3.63) is 46.4 Å². The van der Waals surface area contributed by atoms with Crippen molar-refractivity contribution in [1.29, 1.82) is 0 Å². The number of aromatic hydroxyl groups is 1. The van der Waals surface area contributed by atoms with Crippen LogP contribution in [0.3, 0.4) is 0 Å². The monoisotopic (exact) mass is 492 g/mol. The smallest absolute Gasteiger partial charge is 0.295 e. The van der Waals surface area contributed by atoms with Crippen molar-refractivity contribution in [2.75, 3.05) is 11.3 Å². The standard InChI is InChI=1S/C17H14BBrN4O4S2/c1-2-27-17-22-21-16(28-17)23-29(25,26)13-5-3-12(4-6-13)20-9-10-7-11(18)8-14(19)15(10)24/h3-9,24H,2H2,1H3,(H,21,23). The first kappa shape index (κ1) is 21.3. The predicted molar refractivity (Wildman–Crippen MR) is 117 cm³/mol. The number of ether oxygens (including phenoxy) is 1. The second-order valence-electron chi connectivity index (χ2n) is 5.60. The number of phenols is 1. The van der Waals surface area contributed by atoms with Gasteiger partial charge in [-0.15, -0.1) is 5.10 Å². The van der Waals surface area contributed by atoms with Gasteiger partial charge in [-0.1, -0.05) is 22.7 Å². The molecule has 12 heteroatoms. The summed E-state index contributed by atoms with van der Waals surface area (Å²) in [4.78, 5) is 4.28. The Morgan fingerprint density at radius 2 is 2.03 bits per heavy atom. The van der Waals surface area contributed by atoms with E-state index in [4.69, 9.17) is 12.6 Å². The molecule has 2 aromatic carbocycles. The van der Waals surface area contributed by atoms with E-state index in [0.29, 0.717) is 27.8 Å². The SMILES string of the molecule is [B]c1cc(Br)c(O)c(C=Nc2ccc(S(=O)(=O)Nc3nnc(OCC)s3)cc2)c1. The molecule has 0 atom stereocenters. The van der Waals surface area contributed by atoms with Gasteiger partial charge in [0.25, 0.3) is 15.2 Å². The van der Waals surface area contributed by atoms with E-state index >= 15 is 0 Å². The summed E-state index contributed by atoms with van der Waals surface area (Å²) >= 11 is 4.21. The van der Waals surface area contributed by atoms with Gasteiger partial charge in [0.15, 0.2) is 0 Å². The molecule has 0 aliphatic carbocycles. The van der Waals surface area contributed by atoms with Gasteiger partial charge in [0.2, 0.25) is 5.13 Å². The normalized spacial score (nSPS) is 11.7. The first-order valence-electron chi connectivity index (χ1n) is 8.19. The predicted octanol–water partition coefficient (Wildman–Crippen LogP) is 2.75. The number of nitrogens with zero attached hydrogens (tertiary/aromatic N) is 3. The number of hydrogen-bond acceptors (Lipinski definition) is 8. The third-order valence-electron chi connectivity index (χ3n) is 3.51. The van der Waals surface area contributed by atoms with Crippen LogP contribution in [0.25, 0.3) is 0 Å². The third-order valence-corrected chi connectivity index (χ3v) is 6.35. The lowest BCUT2D eigenvalue weighted by atomic mass is 9.94. The minimum Gasteiger partial charge on any atom is -0.506 e. The highest BCUT2D eigenvalue weighted by Crippen LogP contribution is 2.27. The van der Waals surface area contributed by atoms with E-state index in [0.717, 1.165) is 11.3 Å². The Bertz CT molecular complexity index is 1150. The largest absolute Gasteiger partial charge is 0.506 e. The van der Waals surface area contributed by atoms with Crippen molar-refractivity contribution in [2.24, 2.45) is 4.99 Å². The number of benzene rings is 2. The molecule has 29 heavy (non-hydrogen) atoms. The molecule has 1 aromatic heterocycles. The van der Waals surface area contributed by atoms with Crippen LogP contribution in [-0.4, -0.2) is 44.4 Å². The summed E-state index contributed by atoms with van der Waals surface area (Å²) in [6.45, 7) is 2.20. The minimum atomic E-state index is -3.83. The van der Waals surface area contributed by atoms with E-state index in [-0.39, 0.29) is 21.0 Å². The molecule has 3 aromatic rings. The number of anilines is 1. The summed E-state index contributed by atoms with van der Waals surface area (Å²) in [7, 11) is 1.92. The van der Waals surface area contributed by atoms with Crippen molar-refractivity contribution < 1.29 is 18.3 Å². The number of aromatic nitrogens is 2. The molecule has 0 spiro atoms. The molecule has 0 aliphatic heterocycles. The fourth-order valence-corrected chi connectivity index (χ4v) is 4.58. The first-order chi connectivity index (χ1) is 13.8. The molecule has 0 saturated carbocycles. The van der Waals surface area contributed by atoms with Crippen molar-refractivity contribution in [1.82, 2.24) is 10.2 Å². The van der Waals surface area contributed by atoms with Crippen molar-refractivity contribution >= 4 is 67.6 Å². The molecular weight excluding hydrogens is 479 g/mol. The quantitative estimate of drug-likeness (QED) is 0.387. The molecule has 8 nitrogen and oxygen atoms in total. The molecule has 0 aliphatic rings. The number of phenolic OH excluding ortho intramolecular Hbond substituents is 1. The Morgan fingerprint density at radius 3 is 2.72 bits per heavy atom. The minimum absolute atomic E-state index is 0.00910. The van der Waals surface area contributed by atoms with Crippen molar-refractivity contribution in [3.8, 4) is 10.9 Å². The van der Waals surface area contributed by atoms with Crippen LogP contribution in [-0.2, 0) is 10.0 Å². The van der Waals surface area contributed by atoms with Gasteiger partial charge >= 0.3 is 0 Å². The molecule has 0 fully saturated rings. The summed E-state index contributed by atoms with van der Waals surface area (Å²) in [6.07, 6.45) is 1.44. The van der Waals surface area contributed by atoms with Gasteiger partial charge in [-0.05, 0) is 58.5 Å². The van der Waals surface area contributed by atoms with E-state index in [2.05, 4.69) is 35.8 Å². The summed E-state index contributed by atoms with van der Waals surface area (Å²) in [5.41, 5.74) is 1.39. The second-order valence-corrected chi connectivity index (χ2v) is 9.08. The second kappa shape index (κ2) is 8.93. The van der Waals surface area contributed by atoms with Crippen molar-refractivity contribution in [3.63, 3.8) is 0 Å². The number of sulfonamides is 1. The lowest BCUT2D eigenvalue weighted by Crippen LogP contribution is -2.12. The van der Waals surface area contributed by atoms with Crippen LogP contribution < -0.4 is 14.9 Å². The number of hydrogen-bond donors (Lipinski definition) is 2. The van der Waals surface area contributed by atoms with Crippen LogP contribution in [0.4, 0.5) is 10.8 Å². The molecule has 2 N–H and O–H groups in total. The highest BCUT2D eigenvalue weighted by molar-refractivity contribution is 9.10. The topological polar surface area (TPSA) is 114 Å². The highest BCUT2D eigenvalue weighted by atomic mass is 79.9. The number of halogens is 1. The van der Waals surface area contributed by atoms with Gasteiger partial charge < -0.3 is 9.84 Å². The zero-order valence-electron chi connectivity index (χ0n) is 15.0. The Morgan fingerprint density at radius 1 is 1.31 bits per heavy atom. The van der Waals surface area contributed by atoms with Crippen LogP contribution >= 0.6 is 27.3 Å². The van der Waals surface area contributed by atoms with Crippen LogP contribution in [0.15, 0.2) is 50.8 Å². The maximum absolute atomic E-state index is 12.5. The van der Waals surface area contributed by atoms with Crippen LogP contribution in [0, 0.1) is 0 Å². The number of nitrogens with one attached hydrogen (secondary N) is 1. The maximum Gasteiger partial charge on any atom is 0.295 e. The summed E-state index contributed by atoms with van der Waals surface area (Å²) in [6, 6.07) is 9.05. The molecule has 2 radical (unpaired) electrons. The maximum atomic E-state index is 12.5. The van der Waals surface area contributed by atoms with Gasteiger partial charge in [-0.2, -0.15) is 0 Å². The Balaban J connectivity index is 1.75. The molecular formula is C17H14BBrN4O4S2. The van der Waals surface area contributed by atoms with Crippen LogP contribution in [0.2, 0.25) is 0 Å².